The van der Waals surface area contributed by atoms with E-state index in [0.29, 0.717) is 23.0 Å². The van der Waals surface area contributed by atoms with E-state index in [2.05, 4.69) is 15.6 Å². The van der Waals surface area contributed by atoms with Crippen LogP contribution in [-0.4, -0.2) is 20.8 Å². The van der Waals surface area contributed by atoms with Gasteiger partial charge in [-0.05, 0) is 36.4 Å². The molecule has 3 aromatic heterocycles. The van der Waals surface area contributed by atoms with Gasteiger partial charge in [-0.15, -0.1) is 0 Å². The quantitative estimate of drug-likeness (QED) is 0.555. The lowest BCUT2D eigenvalue weighted by Gasteiger charge is -2.10. The highest BCUT2D eigenvalue weighted by Gasteiger charge is 2.26. The Bertz CT molecular complexity index is 1150. The molecule has 1 aromatic carbocycles. The van der Waals surface area contributed by atoms with Gasteiger partial charge < -0.3 is 14.3 Å². The van der Waals surface area contributed by atoms with Crippen LogP contribution < -0.4 is 5.32 Å². The minimum absolute atomic E-state index is 0.123. The Labute approximate surface area is 162 Å². The van der Waals surface area contributed by atoms with E-state index in [-0.39, 0.29) is 11.5 Å². The van der Waals surface area contributed by atoms with Crippen molar-refractivity contribution in [1.82, 2.24) is 14.9 Å². The molecule has 0 saturated carbocycles. The molecular formula is C19H13FN4O3S. The number of carbonyl (C=O) groups is 1. The van der Waals surface area contributed by atoms with Gasteiger partial charge in [-0.3, -0.25) is 4.79 Å². The molecule has 1 N–H and O–H groups in total. The molecule has 0 unspecified atom stereocenters. The Hall–Kier alpha value is -3.33. The molecule has 9 heteroatoms. The molecule has 1 aliphatic heterocycles. The third-order valence-electron chi connectivity index (χ3n) is 4.36. The minimum atomic E-state index is -0.426. The van der Waals surface area contributed by atoms with E-state index in [1.165, 1.54) is 24.5 Å². The van der Waals surface area contributed by atoms with Crippen molar-refractivity contribution in [3.8, 4) is 17.2 Å². The lowest BCUT2D eigenvalue weighted by Crippen LogP contribution is -2.16. The van der Waals surface area contributed by atoms with Crippen LogP contribution in [0.15, 0.2) is 57.7 Å². The SMILES string of the molecule is O=C(Nc1c2c(nn1-c1ccc(F)cc1)CSC2)c1cc(-c2ccco2)on1. The van der Waals surface area contributed by atoms with Gasteiger partial charge in [-0.25, -0.2) is 9.07 Å². The number of rotatable bonds is 4. The average Bonchev–Trinajstić information content (AvgIpc) is 3.47. The van der Waals surface area contributed by atoms with Crippen molar-refractivity contribution in [1.29, 1.82) is 0 Å². The molecule has 1 aliphatic rings. The summed E-state index contributed by atoms with van der Waals surface area (Å²) in [4.78, 5) is 12.8. The van der Waals surface area contributed by atoms with E-state index in [9.17, 15) is 9.18 Å². The first-order valence-electron chi connectivity index (χ1n) is 8.45. The normalized spacial score (nSPS) is 12.9. The van der Waals surface area contributed by atoms with Gasteiger partial charge in [-0.1, -0.05) is 5.16 Å². The number of furan rings is 1. The Kier molecular flexibility index (Phi) is 4.01. The van der Waals surface area contributed by atoms with Gasteiger partial charge in [0, 0.05) is 23.1 Å². The van der Waals surface area contributed by atoms with Crippen molar-refractivity contribution in [2.75, 3.05) is 5.32 Å². The van der Waals surface area contributed by atoms with Crippen LogP contribution in [0.25, 0.3) is 17.2 Å². The number of halogens is 1. The number of nitrogens with one attached hydrogen (secondary N) is 1. The molecule has 140 valence electrons. The number of carbonyl (C=O) groups excluding carboxylic acids is 1. The zero-order chi connectivity index (χ0) is 19.1. The summed E-state index contributed by atoms with van der Waals surface area (Å²) in [6.45, 7) is 0. The molecule has 7 nitrogen and oxygen atoms in total. The highest BCUT2D eigenvalue weighted by molar-refractivity contribution is 7.98. The second-order valence-electron chi connectivity index (χ2n) is 6.16. The van der Waals surface area contributed by atoms with Crippen molar-refractivity contribution in [3.63, 3.8) is 0 Å². The van der Waals surface area contributed by atoms with Crippen molar-refractivity contribution < 1.29 is 18.1 Å². The summed E-state index contributed by atoms with van der Waals surface area (Å²) in [5.41, 5.74) is 2.64. The number of hydrogen-bond donors (Lipinski definition) is 1. The Morgan fingerprint density at radius 3 is 2.82 bits per heavy atom. The van der Waals surface area contributed by atoms with Gasteiger partial charge in [0.1, 0.15) is 11.6 Å². The smallest absolute Gasteiger partial charge is 0.279 e. The number of aromatic nitrogens is 3. The first-order chi connectivity index (χ1) is 13.7. The van der Waals surface area contributed by atoms with E-state index < -0.39 is 5.91 Å². The fourth-order valence-electron chi connectivity index (χ4n) is 3.00. The van der Waals surface area contributed by atoms with Crippen molar-refractivity contribution in [3.05, 3.63) is 71.5 Å². The summed E-state index contributed by atoms with van der Waals surface area (Å²) >= 11 is 1.72. The number of benzene rings is 1. The largest absolute Gasteiger partial charge is 0.461 e. The highest BCUT2D eigenvalue weighted by Crippen LogP contribution is 2.36. The highest BCUT2D eigenvalue weighted by atomic mass is 32.2. The molecule has 4 heterocycles. The van der Waals surface area contributed by atoms with Gasteiger partial charge in [0.25, 0.3) is 5.91 Å². The summed E-state index contributed by atoms with van der Waals surface area (Å²) in [5.74, 6) is 2.14. The van der Waals surface area contributed by atoms with E-state index in [1.807, 2.05) is 0 Å². The molecule has 0 aliphatic carbocycles. The van der Waals surface area contributed by atoms with Crippen LogP contribution >= 0.6 is 11.8 Å². The topological polar surface area (TPSA) is 86.1 Å². The fourth-order valence-corrected chi connectivity index (χ4v) is 4.03. The van der Waals surface area contributed by atoms with Crippen molar-refractivity contribution in [2.45, 2.75) is 11.5 Å². The molecule has 0 fully saturated rings. The molecule has 0 atom stereocenters. The fraction of sp³-hybridized carbons (Fsp3) is 0.105. The summed E-state index contributed by atoms with van der Waals surface area (Å²) in [7, 11) is 0. The second-order valence-corrected chi connectivity index (χ2v) is 7.15. The Morgan fingerprint density at radius 2 is 2.04 bits per heavy atom. The van der Waals surface area contributed by atoms with Gasteiger partial charge in [0.15, 0.2) is 11.5 Å². The van der Waals surface area contributed by atoms with E-state index in [4.69, 9.17) is 8.94 Å². The van der Waals surface area contributed by atoms with Gasteiger partial charge in [0.05, 0.1) is 17.6 Å². The molecule has 0 saturated heterocycles. The van der Waals surface area contributed by atoms with Crippen LogP contribution in [0, 0.1) is 5.82 Å². The molecular weight excluding hydrogens is 383 g/mol. The van der Waals surface area contributed by atoms with Crippen LogP contribution in [0.3, 0.4) is 0 Å². The number of thioether (sulfide) groups is 1. The lowest BCUT2D eigenvalue weighted by atomic mass is 10.2. The third-order valence-corrected chi connectivity index (χ3v) is 5.33. The number of anilines is 1. The molecule has 28 heavy (non-hydrogen) atoms. The van der Waals surface area contributed by atoms with Crippen LogP contribution in [0.1, 0.15) is 21.7 Å². The lowest BCUT2D eigenvalue weighted by molar-refractivity contribution is 0.101. The minimum Gasteiger partial charge on any atom is -0.461 e. The van der Waals surface area contributed by atoms with Gasteiger partial charge in [0.2, 0.25) is 5.76 Å². The van der Waals surface area contributed by atoms with Crippen molar-refractivity contribution in [2.24, 2.45) is 0 Å². The monoisotopic (exact) mass is 396 g/mol. The molecule has 1 amide bonds. The van der Waals surface area contributed by atoms with E-state index in [0.717, 1.165) is 22.8 Å². The predicted molar refractivity (Wildman–Crippen MR) is 101 cm³/mol. The van der Waals surface area contributed by atoms with Crippen LogP contribution in [0.5, 0.6) is 0 Å². The standard InChI is InChI=1S/C19H13FN4O3S/c20-11-3-5-12(6-4-11)24-18(13-9-28-10-15(13)22-24)21-19(25)14-8-17(27-23-14)16-2-1-7-26-16/h1-8H,9-10H2,(H,21,25). The number of fused-ring (bicyclic) bond motifs is 1. The van der Waals surface area contributed by atoms with E-state index >= 15 is 0 Å². The first-order valence-corrected chi connectivity index (χ1v) is 9.61. The third kappa shape index (κ3) is 2.89. The average molecular weight is 396 g/mol. The summed E-state index contributed by atoms with van der Waals surface area (Å²) in [6.07, 6.45) is 1.51. The maximum absolute atomic E-state index is 13.3. The predicted octanol–water partition coefficient (Wildman–Crippen LogP) is 4.26. The zero-order valence-corrected chi connectivity index (χ0v) is 15.2. The molecule has 0 spiro atoms. The molecule has 0 bridgehead atoms. The maximum atomic E-state index is 13.3. The summed E-state index contributed by atoms with van der Waals surface area (Å²) in [6, 6.07) is 10.9. The van der Waals surface area contributed by atoms with Crippen LogP contribution in [0.4, 0.5) is 10.2 Å². The zero-order valence-electron chi connectivity index (χ0n) is 14.4. The maximum Gasteiger partial charge on any atom is 0.279 e. The number of nitrogens with zero attached hydrogens (tertiary/aromatic N) is 3. The molecule has 4 aromatic rings. The molecule has 5 rings (SSSR count). The van der Waals surface area contributed by atoms with Crippen LogP contribution in [-0.2, 0) is 11.5 Å². The van der Waals surface area contributed by atoms with Gasteiger partial charge >= 0.3 is 0 Å². The second kappa shape index (κ2) is 6.68. The summed E-state index contributed by atoms with van der Waals surface area (Å²) < 4.78 is 25.4. The number of amides is 1. The van der Waals surface area contributed by atoms with E-state index in [1.54, 1.807) is 40.7 Å². The van der Waals surface area contributed by atoms with Crippen molar-refractivity contribution >= 4 is 23.5 Å². The van der Waals surface area contributed by atoms with Gasteiger partial charge in [-0.2, -0.15) is 16.9 Å². The molecule has 0 radical (unpaired) electrons. The first kappa shape index (κ1) is 16.8. The summed E-state index contributed by atoms with van der Waals surface area (Å²) in [5, 5.41) is 11.3. The Morgan fingerprint density at radius 1 is 1.18 bits per heavy atom. The number of hydrogen-bond acceptors (Lipinski definition) is 6. The Balaban J connectivity index is 1.48. The van der Waals surface area contributed by atoms with Crippen LogP contribution in [0.2, 0.25) is 0 Å².